The molecule has 1 aromatic carbocycles. The van der Waals surface area contributed by atoms with E-state index in [9.17, 15) is 4.79 Å². The number of aryl methyl sites for hydroxylation is 2. The molecule has 2 amide bonds. The highest BCUT2D eigenvalue weighted by Crippen LogP contribution is 2.22. The second-order valence-corrected chi connectivity index (χ2v) is 7.50. The van der Waals surface area contributed by atoms with Gasteiger partial charge in [0.2, 0.25) is 0 Å². The van der Waals surface area contributed by atoms with Gasteiger partial charge in [-0.3, -0.25) is 0 Å². The Labute approximate surface area is 152 Å². The van der Waals surface area contributed by atoms with Gasteiger partial charge < -0.3 is 20.0 Å². The summed E-state index contributed by atoms with van der Waals surface area (Å²) in [5.74, 6) is 0. The van der Waals surface area contributed by atoms with E-state index < -0.39 is 0 Å². The zero-order valence-electron chi connectivity index (χ0n) is 15.9. The van der Waals surface area contributed by atoms with Crippen molar-refractivity contribution in [1.29, 1.82) is 0 Å². The highest BCUT2D eigenvalue weighted by atomic mass is 16.2. The summed E-state index contributed by atoms with van der Waals surface area (Å²) in [7, 11) is 0. The minimum atomic E-state index is 0.114. The summed E-state index contributed by atoms with van der Waals surface area (Å²) >= 11 is 0. The van der Waals surface area contributed by atoms with Crippen molar-refractivity contribution in [3.63, 3.8) is 0 Å². The van der Waals surface area contributed by atoms with Crippen molar-refractivity contribution in [2.75, 3.05) is 50.7 Å². The summed E-state index contributed by atoms with van der Waals surface area (Å²) in [5, 5.41) is 3.24. The van der Waals surface area contributed by atoms with Crippen molar-refractivity contribution in [1.82, 2.24) is 15.1 Å². The number of rotatable bonds is 4. The van der Waals surface area contributed by atoms with Crippen LogP contribution in [0.3, 0.4) is 0 Å². The Kier molecular flexibility index (Phi) is 5.84. The third kappa shape index (κ3) is 4.46. The van der Waals surface area contributed by atoms with Crippen molar-refractivity contribution >= 4 is 11.7 Å². The number of hydrogen-bond donors (Lipinski definition) is 1. The molecule has 0 bridgehead atoms. The molecule has 2 aliphatic heterocycles. The highest BCUT2D eigenvalue weighted by Gasteiger charge is 2.27. The molecular weight excluding hydrogens is 312 g/mol. The summed E-state index contributed by atoms with van der Waals surface area (Å²) in [6.45, 7) is 13.2. The summed E-state index contributed by atoms with van der Waals surface area (Å²) in [4.78, 5) is 19.4. The van der Waals surface area contributed by atoms with Crippen LogP contribution in [-0.2, 0) is 0 Å². The van der Waals surface area contributed by atoms with Crippen LogP contribution in [0.2, 0.25) is 0 Å². The van der Waals surface area contributed by atoms with Crippen LogP contribution in [0.25, 0.3) is 0 Å². The van der Waals surface area contributed by atoms with E-state index in [2.05, 4.69) is 54.1 Å². The lowest BCUT2D eigenvalue weighted by atomic mass is 10.1. The van der Waals surface area contributed by atoms with Crippen LogP contribution < -0.4 is 10.2 Å². The highest BCUT2D eigenvalue weighted by molar-refractivity contribution is 5.75. The first-order valence-corrected chi connectivity index (χ1v) is 9.67. The van der Waals surface area contributed by atoms with E-state index in [1.54, 1.807) is 0 Å². The third-order valence-corrected chi connectivity index (χ3v) is 5.40. The zero-order valence-corrected chi connectivity index (χ0v) is 15.9. The molecular formula is C20H32N4O. The second-order valence-electron chi connectivity index (χ2n) is 7.50. The SMILES string of the molecule is CCCN1CC[C@@H](NC(=O)N2CCN(c3ccc(C)cc3C)CC2)C1. The Bertz CT molecular complexity index is 595. The van der Waals surface area contributed by atoms with Crippen LogP contribution in [0.1, 0.15) is 30.9 Å². The van der Waals surface area contributed by atoms with Gasteiger partial charge in [0.05, 0.1) is 0 Å². The molecule has 0 spiro atoms. The molecule has 25 heavy (non-hydrogen) atoms. The van der Waals surface area contributed by atoms with E-state index in [4.69, 9.17) is 0 Å². The minimum absolute atomic E-state index is 0.114. The number of carbonyl (C=O) groups is 1. The number of urea groups is 1. The fourth-order valence-corrected chi connectivity index (χ4v) is 4.05. The fourth-order valence-electron chi connectivity index (χ4n) is 4.05. The number of nitrogens with zero attached hydrogens (tertiary/aromatic N) is 3. The summed E-state index contributed by atoms with van der Waals surface area (Å²) in [5.41, 5.74) is 3.92. The van der Waals surface area contributed by atoms with E-state index in [1.165, 1.54) is 23.2 Å². The zero-order chi connectivity index (χ0) is 17.8. The molecule has 5 heteroatoms. The number of nitrogens with one attached hydrogen (secondary N) is 1. The van der Waals surface area contributed by atoms with Gasteiger partial charge in [-0.25, -0.2) is 4.79 Å². The number of amides is 2. The number of anilines is 1. The summed E-state index contributed by atoms with van der Waals surface area (Å²) < 4.78 is 0. The predicted octanol–water partition coefficient (Wildman–Crippen LogP) is 2.62. The minimum Gasteiger partial charge on any atom is -0.368 e. The van der Waals surface area contributed by atoms with E-state index in [0.29, 0.717) is 6.04 Å². The number of piperazine rings is 1. The van der Waals surface area contributed by atoms with Crippen molar-refractivity contribution in [3.8, 4) is 0 Å². The first-order chi connectivity index (χ1) is 12.1. The van der Waals surface area contributed by atoms with Gasteiger partial charge in [-0.2, -0.15) is 0 Å². The van der Waals surface area contributed by atoms with E-state index in [0.717, 1.165) is 52.2 Å². The van der Waals surface area contributed by atoms with Crippen LogP contribution in [0.4, 0.5) is 10.5 Å². The third-order valence-electron chi connectivity index (χ3n) is 5.40. The Morgan fingerprint density at radius 1 is 1.16 bits per heavy atom. The molecule has 1 aromatic rings. The normalized spacial score (nSPS) is 21.6. The second kappa shape index (κ2) is 8.09. The Morgan fingerprint density at radius 3 is 2.60 bits per heavy atom. The van der Waals surface area contributed by atoms with Crippen LogP contribution >= 0.6 is 0 Å². The Morgan fingerprint density at radius 2 is 1.92 bits per heavy atom. The Balaban J connectivity index is 1.48. The van der Waals surface area contributed by atoms with Gasteiger partial charge in [-0.1, -0.05) is 24.6 Å². The maximum Gasteiger partial charge on any atom is 0.317 e. The molecule has 0 unspecified atom stereocenters. The van der Waals surface area contributed by atoms with Gasteiger partial charge in [0.1, 0.15) is 0 Å². The topological polar surface area (TPSA) is 38.8 Å². The molecule has 1 atom stereocenters. The molecule has 2 fully saturated rings. The number of likely N-dealkylation sites (tertiary alicyclic amines) is 1. The maximum absolute atomic E-state index is 12.6. The molecule has 2 saturated heterocycles. The van der Waals surface area contributed by atoms with Gasteiger partial charge >= 0.3 is 6.03 Å². The number of carbonyl (C=O) groups excluding carboxylic acids is 1. The summed E-state index contributed by atoms with van der Waals surface area (Å²) in [6.07, 6.45) is 2.26. The number of hydrogen-bond acceptors (Lipinski definition) is 3. The molecule has 138 valence electrons. The molecule has 0 aliphatic carbocycles. The van der Waals surface area contributed by atoms with Crippen LogP contribution in [0.5, 0.6) is 0 Å². The van der Waals surface area contributed by atoms with Crippen molar-refractivity contribution < 1.29 is 4.79 Å². The molecule has 0 saturated carbocycles. The largest absolute Gasteiger partial charge is 0.368 e. The van der Waals surface area contributed by atoms with Crippen LogP contribution in [-0.4, -0.2) is 67.7 Å². The average Bonchev–Trinajstić information content (AvgIpc) is 3.02. The van der Waals surface area contributed by atoms with Gasteiger partial charge in [0, 0.05) is 51.0 Å². The molecule has 5 nitrogen and oxygen atoms in total. The first-order valence-electron chi connectivity index (χ1n) is 9.67. The fraction of sp³-hybridized carbons (Fsp3) is 0.650. The van der Waals surface area contributed by atoms with Crippen molar-refractivity contribution in [3.05, 3.63) is 29.3 Å². The standard InChI is InChI=1S/C20H32N4O/c1-4-8-22-9-7-18(15-22)21-20(25)24-12-10-23(11-13-24)19-6-5-16(2)14-17(19)3/h5-6,14,18H,4,7-13,15H2,1-3H3,(H,21,25)/t18-/m1/s1. The van der Waals surface area contributed by atoms with E-state index in [-0.39, 0.29) is 6.03 Å². The smallest absolute Gasteiger partial charge is 0.317 e. The monoisotopic (exact) mass is 344 g/mol. The van der Waals surface area contributed by atoms with Crippen LogP contribution in [0, 0.1) is 13.8 Å². The lowest BCUT2D eigenvalue weighted by Gasteiger charge is -2.37. The quantitative estimate of drug-likeness (QED) is 0.913. The first kappa shape index (κ1) is 18.1. The summed E-state index contributed by atoms with van der Waals surface area (Å²) in [6, 6.07) is 7.04. The van der Waals surface area contributed by atoms with Gasteiger partial charge in [0.25, 0.3) is 0 Å². The van der Waals surface area contributed by atoms with Crippen molar-refractivity contribution in [2.45, 2.75) is 39.7 Å². The molecule has 1 N–H and O–H groups in total. The van der Waals surface area contributed by atoms with E-state index in [1.807, 2.05) is 4.90 Å². The molecule has 3 rings (SSSR count). The molecule has 0 radical (unpaired) electrons. The maximum atomic E-state index is 12.6. The molecule has 2 aliphatic rings. The van der Waals surface area contributed by atoms with Gasteiger partial charge in [-0.15, -0.1) is 0 Å². The average molecular weight is 345 g/mol. The lowest BCUT2D eigenvalue weighted by Crippen LogP contribution is -2.54. The van der Waals surface area contributed by atoms with Crippen molar-refractivity contribution in [2.24, 2.45) is 0 Å². The molecule has 2 heterocycles. The van der Waals surface area contributed by atoms with Crippen LogP contribution in [0.15, 0.2) is 18.2 Å². The molecule has 0 aromatic heterocycles. The number of benzene rings is 1. The van der Waals surface area contributed by atoms with E-state index >= 15 is 0 Å². The van der Waals surface area contributed by atoms with Gasteiger partial charge in [-0.05, 0) is 44.9 Å². The lowest BCUT2D eigenvalue weighted by molar-refractivity contribution is 0.190. The predicted molar refractivity (Wildman–Crippen MR) is 103 cm³/mol. The van der Waals surface area contributed by atoms with Gasteiger partial charge in [0.15, 0.2) is 0 Å². The Hall–Kier alpha value is -1.75.